The Labute approximate surface area is 124 Å². The maximum atomic E-state index is 12.1. The van der Waals surface area contributed by atoms with Gasteiger partial charge in [-0.2, -0.15) is 5.10 Å². The maximum absolute atomic E-state index is 12.1. The van der Waals surface area contributed by atoms with E-state index in [0.29, 0.717) is 11.5 Å². The van der Waals surface area contributed by atoms with Crippen LogP contribution >= 0.6 is 0 Å². The highest BCUT2D eigenvalue weighted by Crippen LogP contribution is 2.30. The minimum atomic E-state index is -0.647. The van der Waals surface area contributed by atoms with E-state index in [4.69, 9.17) is 9.47 Å². The molecule has 1 aliphatic heterocycles. The highest BCUT2D eigenvalue weighted by Gasteiger charge is 2.27. The molecule has 0 spiro atoms. The van der Waals surface area contributed by atoms with E-state index in [9.17, 15) is 4.79 Å². The molecule has 1 saturated carbocycles. The van der Waals surface area contributed by atoms with Crippen LogP contribution in [0.3, 0.4) is 0 Å². The fourth-order valence-corrected chi connectivity index (χ4v) is 2.56. The van der Waals surface area contributed by atoms with Gasteiger partial charge in [0, 0.05) is 5.71 Å². The van der Waals surface area contributed by atoms with Crippen LogP contribution in [-0.4, -0.2) is 24.3 Å². The van der Waals surface area contributed by atoms with Gasteiger partial charge in [0.1, 0.15) is 6.61 Å². The SMILES string of the molecule is CC1CCC(=NNC(=O)C2COc3ccccc3O2)CC1. The lowest BCUT2D eigenvalue weighted by Gasteiger charge is -2.25. The molecule has 0 aromatic heterocycles. The molecule has 2 aliphatic rings. The van der Waals surface area contributed by atoms with Gasteiger partial charge in [0.2, 0.25) is 6.10 Å². The van der Waals surface area contributed by atoms with Crippen molar-refractivity contribution in [3.63, 3.8) is 0 Å². The first-order chi connectivity index (χ1) is 10.2. The molecule has 1 aromatic carbocycles. The smallest absolute Gasteiger partial charge is 0.284 e. The van der Waals surface area contributed by atoms with Gasteiger partial charge in [-0.3, -0.25) is 4.79 Å². The first-order valence-electron chi connectivity index (χ1n) is 7.46. The molecule has 1 aromatic rings. The number of benzene rings is 1. The number of para-hydroxylation sites is 2. The maximum Gasteiger partial charge on any atom is 0.284 e. The number of fused-ring (bicyclic) bond motifs is 1. The zero-order valence-electron chi connectivity index (χ0n) is 12.2. The van der Waals surface area contributed by atoms with Crippen LogP contribution in [0.25, 0.3) is 0 Å². The second-order valence-corrected chi connectivity index (χ2v) is 5.70. The molecule has 1 aliphatic carbocycles. The predicted octanol–water partition coefficient (Wildman–Crippen LogP) is 2.51. The summed E-state index contributed by atoms with van der Waals surface area (Å²) in [5, 5.41) is 4.23. The number of hydrazone groups is 1. The van der Waals surface area contributed by atoms with Crippen molar-refractivity contribution >= 4 is 11.6 Å². The molecule has 1 N–H and O–H groups in total. The van der Waals surface area contributed by atoms with Gasteiger partial charge >= 0.3 is 0 Å². The number of carbonyl (C=O) groups is 1. The minimum absolute atomic E-state index is 0.213. The Bertz CT molecular complexity index is 546. The number of amides is 1. The van der Waals surface area contributed by atoms with E-state index in [1.807, 2.05) is 18.2 Å². The summed E-state index contributed by atoms with van der Waals surface area (Å²) >= 11 is 0. The fraction of sp³-hybridized carbons (Fsp3) is 0.500. The summed E-state index contributed by atoms with van der Waals surface area (Å²) < 4.78 is 11.2. The van der Waals surface area contributed by atoms with Gasteiger partial charge in [0.25, 0.3) is 5.91 Å². The Morgan fingerprint density at radius 2 is 1.95 bits per heavy atom. The third-order valence-electron chi connectivity index (χ3n) is 3.98. The highest BCUT2D eigenvalue weighted by molar-refractivity contribution is 5.88. The molecule has 5 heteroatoms. The Morgan fingerprint density at radius 1 is 1.24 bits per heavy atom. The Hall–Kier alpha value is -2.04. The lowest BCUT2D eigenvalue weighted by Crippen LogP contribution is -2.42. The molecular formula is C16H20N2O3. The number of carbonyl (C=O) groups excluding carboxylic acids is 1. The minimum Gasteiger partial charge on any atom is -0.485 e. The molecule has 1 unspecified atom stereocenters. The van der Waals surface area contributed by atoms with E-state index in [2.05, 4.69) is 17.5 Å². The van der Waals surface area contributed by atoms with Crippen molar-refractivity contribution in [3.8, 4) is 11.5 Å². The second-order valence-electron chi connectivity index (χ2n) is 5.70. The van der Waals surface area contributed by atoms with Crippen molar-refractivity contribution in [3.05, 3.63) is 24.3 Å². The van der Waals surface area contributed by atoms with Crippen molar-refractivity contribution < 1.29 is 14.3 Å². The van der Waals surface area contributed by atoms with E-state index in [0.717, 1.165) is 37.3 Å². The van der Waals surface area contributed by atoms with Crippen molar-refractivity contribution in [1.82, 2.24) is 5.43 Å². The van der Waals surface area contributed by atoms with Crippen molar-refractivity contribution in [2.45, 2.75) is 38.7 Å². The van der Waals surface area contributed by atoms with Crippen LogP contribution in [0.4, 0.5) is 0 Å². The molecule has 0 bridgehead atoms. The standard InChI is InChI=1S/C16H20N2O3/c1-11-6-8-12(9-7-11)17-18-16(19)15-10-20-13-4-2-3-5-14(13)21-15/h2-5,11,15H,6-10H2,1H3,(H,18,19). The first kappa shape index (κ1) is 13.9. The summed E-state index contributed by atoms with van der Waals surface area (Å²) in [6, 6.07) is 7.35. The predicted molar refractivity (Wildman–Crippen MR) is 79.6 cm³/mol. The molecule has 0 saturated heterocycles. The van der Waals surface area contributed by atoms with Gasteiger partial charge < -0.3 is 9.47 Å². The summed E-state index contributed by atoms with van der Waals surface area (Å²) in [4.78, 5) is 12.1. The van der Waals surface area contributed by atoms with Crippen molar-refractivity contribution in [2.75, 3.05) is 6.61 Å². The molecule has 3 rings (SSSR count). The van der Waals surface area contributed by atoms with Gasteiger partial charge in [-0.25, -0.2) is 5.43 Å². The lowest BCUT2D eigenvalue weighted by molar-refractivity contribution is -0.130. The molecule has 21 heavy (non-hydrogen) atoms. The Balaban J connectivity index is 1.56. The summed E-state index contributed by atoms with van der Waals surface area (Å²) in [6.07, 6.45) is 3.57. The normalized spacial score (nSPS) is 24.3. The van der Waals surface area contributed by atoms with E-state index >= 15 is 0 Å². The molecule has 5 nitrogen and oxygen atoms in total. The second kappa shape index (κ2) is 6.16. The quantitative estimate of drug-likeness (QED) is 0.851. The van der Waals surface area contributed by atoms with Crippen LogP contribution < -0.4 is 14.9 Å². The molecule has 1 amide bonds. The number of rotatable bonds is 2. The molecule has 1 fully saturated rings. The third kappa shape index (κ3) is 3.35. The monoisotopic (exact) mass is 288 g/mol. The Morgan fingerprint density at radius 3 is 2.71 bits per heavy atom. The van der Waals surface area contributed by atoms with Crippen molar-refractivity contribution in [2.24, 2.45) is 11.0 Å². The van der Waals surface area contributed by atoms with Crippen LogP contribution in [0, 0.1) is 5.92 Å². The zero-order chi connectivity index (χ0) is 14.7. The average molecular weight is 288 g/mol. The molecular weight excluding hydrogens is 268 g/mol. The number of ether oxygens (including phenoxy) is 2. The van der Waals surface area contributed by atoms with Gasteiger partial charge in [0.05, 0.1) is 0 Å². The van der Waals surface area contributed by atoms with E-state index < -0.39 is 6.10 Å². The summed E-state index contributed by atoms with van der Waals surface area (Å²) in [5.41, 5.74) is 3.68. The van der Waals surface area contributed by atoms with Crippen LogP contribution in [-0.2, 0) is 4.79 Å². The summed E-state index contributed by atoms with van der Waals surface area (Å²) in [5.74, 6) is 1.78. The zero-order valence-corrected chi connectivity index (χ0v) is 12.2. The average Bonchev–Trinajstić information content (AvgIpc) is 2.53. The van der Waals surface area contributed by atoms with E-state index in [1.165, 1.54) is 0 Å². The third-order valence-corrected chi connectivity index (χ3v) is 3.98. The highest BCUT2D eigenvalue weighted by atomic mass is 16.6. The fourth-order valence-electron chi connectivity index (χ4n) is 2.56. The number of hydrogen-bond acceptors (Lipinski definition) is 4. The van der Waals surface area contributed by atoms with Crippen LogP contribution in [0.1, 0.15) is 32.6 Å². The number of nitrogens with one attached hydrogen (secondary N) is 1. The molecule has 0 radical (unpaired) electrons. The molecule has 112 valence electrons. The number of hydrogen-bond donors (Lipinski definition) is 1. The molecule has 1 atom stereocenters. The van der Waals surface area contributed by atoms with Gasteiger partial charge in [-0.1, -0.05) is 19.1 Å². The number of nitrogens with zero attached hydrogens (tertiary/aromatic N) is 1. The van der Waals surface area contributed by atoms with Gasteiger partial charge in [-0.05, 0) is 43.7 Å². The van der Waals surface area contributed by atoms with Gasteiger partial charge in [-0.15, -0.1) is 0 Å². The van der Waals surface area contributed by atoms with Gasteiger partial charge in [0.15, 0.2) is 11.5 Å². The summed E-state index contributed by atoms with van der Waals surface area (Å²) in [7, 11) is 0. The van der Waals surface area contributed by atoms with Crippen LogP contribution in [0.15, 0.2) is 29.4 Å². The van der Waals surface area contributed by atoms with Crippen LogP contribution in [0.2, 0.25) is 0 Å². The topological polar surface area (TPSA) is 59.9 Å². The summed E-state index contributed by atoms with van der Waals surface area (Å²) in [6.45, 7) is 2.46. The Kier molecular flexibility index (Phi) is 4.08. The van der Waals surface area contributed by atoms with E-state index in [1.54, 1.807) is 6.07 Å². The van der Waals surface area contributed by atoms with E-state index in [-0.39, 0.29) is 12.5 Å². The lowest BCUT2D eigenvalue weighted by atomic mass is 9.90. The first-order valence-corrected chi connectivity index (χ1v) is 7.46. The van der Waals surface area contributed by atoms with Crippen molar-refractivity contribution in [1.29, 1.82) is 0 Å². The largest absolute Gasteiger partial charge is 0.485 e. The molecule has 1 heterocycles. The van der Waals surface area contributed by atoms with Crippen LogP contribution in [0.5, 0.6) is 11.5 Å².